The van der Waals surface area contributed by atoms with Gasteiger partial charge in [-0.3, -0.25) is 4.98 Å². The Morgan fingerprint density at radius 3 is 2.62 bits per heavy atom. The summed E-state index contributed by atoms with van der Waals surface area (Å²) in [6.07, 6.45) is 10.5. The van der Waals surface area contributed by atoms with Gasteiger partial charge in [-0.1, -0.05) is 19.8 Å². The zero-order valence-electron chi connectivity index (χ0n) is 10.2. The topological polar surface area (TPSA) is 24.9 Å². The lowest BCUT2D eigenvalue weighted by Gasteiger charge is -2.23. The molecule has 2 nitrogen and oxygen atoms in total. The van der Waals surface area contributed by atoms with Crippen molar-refractivity contribution in [2.45, 2.75) is 39.0 Å². The summed E-state index contributed by atoms with van der Waals surface area (Å²) in [6, 6.07) is 4.19. The Morgan fingerprint density at radius 2 is 1.94 bits per heavy atom. The highest BCUT2D eigenvalue weighted by Gasteiger charge is 2.27. The van der Waals surface area contributed by atoms with Gasteiger partial charge in [-0.25, -0.2) is 0 Å². The molecule has 0 spiro atoms. The number of hydrogen-bond acceptors (Lipinski definition) is 2. The molecular formula is C14H22N2. The Labute approximate surface area is 98.5 Å². The zero-order valence-corrected chi connectivity index (χ0v) is 10.2. The van der Waals surface area contributed by atoms with Crippen molar-refractivity contribution in [3.63, 3.8) is 0 Å². The fourth-order valence-electron chi connectivity index (χ4n) is 2.58. The van der Waals surface area contributed by atoms with Gasteiger partial charge < -0.3 is 5.32 Å². The molecule has 2 rings (SSSR count). The van der Waals surface area contributed by atoms with E-state index in [9.17, 15) is 0 Å². The summed E-state index contributed by atoms with van der Waals surface area (Å²) in [5.74, 6) is 0. The standard InChI is InChI=1S/C14H22N2/c1-14(7-2-3-8-14)12-16-11-6-13-4-9-15-10-5-13/h4-5,9-10,16H,2-3,6-8,11-12H2,1H3. The van der Waals surface area contributed by atoms with Gasteiger partial charge in [0.1, 0.15) is 0 Å². The van der Waals surface area contributed by atoms with Crippen LogP contribution in [0.2, 0.25) is 0 Å². The molecule has 1 heterocycles. The first-order chi connectivity index (χ1) is 7.79. The SMILES string of the molecule is CC1(CNCCc2ccncc2)CCCC1. The van der Waals surface area contributed by atoms with E-state index in [1.165, 1.54) is 37.8 Å². The van der Waals surface area contributed by atoms with E-state index in [0.29, 0.717) is 5.41 Å². The van der Waals surface area contributed by atoms with Crippen LogP contribution < -0.4 is 5.32 Å². The molecule has 0 saturated heterocycles. The van der Waals surface area contributed by atoms with Crippen molar-refractivity contribution >= 4 is 0 Å². The molecule has 1 N–H and O–H groups in total. The molecule has 1 fully saturated rings. The van der Waals surface area contributed by atoms with Gasteiger partial charge in [0.25, 0.3) is 0 Å². The minimum absolute atomic E-state index is 0.568. The molecule has 16 heavy (non-hydrogen) atoms. The number of nitrogens with zero attached hydrogens (tertiary/aromatic N) is 1. The van der Waals surface area contributed by atoms with Crippen LogP contribution in [0.15, 0.2) is 24.5 Å². The molecule has 0 radical (unpaired) electrons. The molecule has 1 aromatic rings. The molecule has 0 unspecified atom stereocenters. The van der Waals surface area contributed by atoms with Gasteiger partial charge in [-0.15, -0.1) is 0 Å². The van der Waals surface area contributed by atoms with Gasteiger partial charge in [0.15, 0.2) is 0 Å². The quantitative estimate of drug-likeness (QED) is 0.769. The average Bonchev–Trinajstić information content (AvgIpc) is 2.74. The van der Waals surface area contributed by atoms with Crippen molar-refractivity contribution in [2.75, 3.05) is 13.1 Å². The van der Waals surface area contributed by atoms with Crippen molar-refractivity contribution < 1.29 is 0 Å². The normalized spacial score (nSPS) is 18.8. The molecule has 0 aliphatic heterocycles. The van der Waals surface area contributed by atoms with Crippen LogP contribution in [0.25, 0.3) is 0 Å². The number of hydrogen-bond donors (Lipinski definition) is 1. The van der Waals surface area contributed by atoms with Crippen LogP contribution in [0.4, 0.5) is 0 Å². The Bertz CT molecular complexity index is 302. The maximum absolute atomic E-state index is 4.03. The highest BCUT2D eigenvalue weighted by molar-refractivity contribution is 5.09. The van der Waals surface area contributed by atoms with Gasteiger partial charge in [0.2, 0.25) is 0 Å². The fraction of sp³-hybridized carbons (Fsp3) is 0.643. The maximum Gasteiger partial charge on any atom is 0.0270 e. The summed E-state index contributed by atoms with van der Waals surface area (Å²) in [7, 11) is 0. The lowest BCUT2D eigenvalue weighted by Crippen LogP contribution is -2.30. The minimum Gasteiger partial charge on any atom is -0.316 e. The fourth-order valence-corrected chi connectivity index (χ4v) is 2.58. The van der Waals surface area contributed by atoms with E-state index in [1.54, 1.807) is 0 Å². The first kappa shape index (κ1) is 11.6. The predicted octanol–water partition coefficient (Wildman–Crippen LogP) is 2.79. The first-order valence-corrected chi connectivity index (χ1v) is 6.38. The van der Waals surface area contributed by atoms with Crippen LogP contribution >= 0.6 is 0 Å². The molecule has 0 amide bonds. The number of pyridine rings is 1. The smallest absolute Gasteiger partial charge is 0.0270 e. The lowest BCUT2D eigenvalue weighted by molar-refractivity contribution is 0.316. The van der Waals surface area contributed by atoms with Gasteiger partial charge in [-0.2, -0.15) is 0 Å². The third-order valence-corrected chi connectivity index (χ3v) is 3.70. The summed E-state index contributed by atoms with van der Waals surface area (Å²) in [5.41, 5.74) is 1.94. The average molecular weight is 218 g/mol. The van der Waals surface area contributed by atoms with Crippen molar-refractivity contribution in [1.82, 2.24) is 10.3 Å². The van der Waals surface area contributed by atoms with Gasteiger partial charge in [-0.05, 0) is 48.9 Å². The summed E-state index contributed by atoms with van der Waals surface area (Å²) in [6.45, 7) is 4.68. The van der Waals surface area contributed by atoms with Crippen LogP contribution in [0.1, 0.15) is 38.2 Å². The molecule has 88 valence electrons. The summed E-state index contributed by atoms with van der Waals surface area (Å²) in [4.78, 5) is 4.03. The molecule has 1 saturated carbocycles. The Kier molecular flexibility index (Phi) is 3.94. The summed E-state index contributed by atoms with van der Waals surface area (Å²) >= 11 is 0. The van der Waals surface area contributed by atoms with Crippen LogP contribution in [0.5, 0.6) is 0 Å². The van der Waals surface area contributed by atoms with Gasteiger partial charge in [0, 0.05) is 18.9 Å². The number of rotatable bonds is 5. The second-order valence-electron chi connectivity index (χ2n) is 5.30. The second kappa shape index (κ2) is 5.44. The van der Waals surface area contributed by atoms with Crippen LogP contribution in [-0.4, -0.2) is 18.1 Å². The second-order valence-corrected chi connectivity index (χ2v) is 5.30. The molecule has 0 aromatic carbocycles. The van der Waals surface area contributed by atoms with E-state index < -0.39 is 0 Å². The highest BCUT2D eigenvalue weighted by Crippen LogP contribution is 2.36. The first-order valence-electron chi connectivity index (χ1n) is 6.38. The lowest BCUT2D eigenvalue weighted by atomic mass is 9.89. The van der Waals surface area contributed by atoms with Gasteiger partial charge in [0.05, 0.1) is 0 Å². The van der Waals surface area contributed by atoms with Crippen LogP contribution in [0.3, 0.4) is 0 Å². The van der Waals surface area contributed by atoms with Crippen LogP contribution in [0, 0.1) is 5.41 Å². The Hall–Kier alpha value is -0.890. The van der Waals surface area contributed by atoms with Crippen molar-refractivity contribution in [3.05, 3.63) is 30.1 Å². The van der Waals surface area contributed by atoms with E-state index in [2.05, 4.69) is 29.4 Å². The predicted molar refractivity (Wildman–Crippen MR) is 67.4 cm³/mol. The van der Waals surface area contributed by atoms with Crippen molar-refractivity contribution in [1.29, 1.82) is 0 Å². The summed E-state index contributed by atoms with van der Waals surface area (Å²) < 4.78 is 0. The molecule has 2 heteroatoms. The molecule has 1 aromatic heterocycles. The van der Waals surface area contributed by atoms with E-state index in [1.807, 2.05) is 12.4 Å². The third kappa shape index (κ3) is 3.31. The largest absolute Gasteiger partial charge is 0.316 e. The van der Waals surface area contributed by atoms with Crippen LogP contribution in [-0.2, 0) is 6.42 Å². The molecule has 1 aliphatic rings. The molecular weight excluding hydrogens is 196 g/mol. The van der Waals surface area contributed by atoms with E-state index >= 15 is 0 Å². The monoisotopic (exact) mass is 218 g/mol. The van der Waals surface area contributed by atoms with Crippen molar-refractivity contribution in [2.24, 2.45) is 5.41 Å². The van der Waals surface area contributed by atoms with E-state index in [4.69, 9.17) is 0 Å². The third-order valence-electron chi connectivity index (χ3n) is 3.70. The highest BCUT2D eigenvalue weighted by atomic mass is 14.9. The minimum atomic E-state index is 0.568. The molecule has 0 bridgehead atoms. The number of nitrogens with one attached hydrogen (secondary N) is 1. The number of aromatic nitrogens is 1. The molecule has 0 atom stereocenters. The Balaban J connectivity index is 1.65. The van der Waals surface area contributed by atoms with E-state index in [0.717, 1.165) is 13.0 Å². The maximum atomic E-state index is 4.03. The van der Waals surface area contributed by atoms with Crippen molar-refractivity contribution in [3.8, 4) is 0 Å². The summed E-state index contributed by atoms with van der Waals surface area (Å²) in [5, 5.41) is 3.60. The Morgan fingerprint density at radius 1 is 1.25 bits per heavy atom. The van der Waals surface area contributed by atoms with E-state index in [-0.39, 0.29) is 0 Å². The molecule has 1 aliphatic carbocycles. The zero-order chi connectivity index (χ0) is 11.3. The van der Waals surface area contributed by atoms with Gasteiger partial charge >= 0.3 is 0 Å².